The second-order valence-electron chi connectivity index (χ2n) is 2.28. The number of hydrogen-bond donors (Lipinski definition) is 2. The van der Waals surface area contributed by atoms with Gasteiger partial charge in [-0.25, -0.2) is 4.79 Å². The van der Waals surface area contributed by atoms with Gasteiger partial charge in [-0.3, -0.25) is 0 Å². The summed E-state index contributed by atoms with van der Waals surface area (Å²) in [5.74, 6) is 0.389. The van der Waals surface area contributed by atoms with Crippen molar-refractivity contribution in [2.24, 2.45) is 0 Å². The highest BCUT2D eigenvalue weighted by molar-refractivity contribution is 5.23. The van der Waals surface area contributed by atoms with Crippen molar-refractivity contribution in [3.05, 3.63) is 22.2 Å². The van der Waals surface area contributed by atoms with Gasteiger partial charge in [0, 0.05) is 18.3 Å². The number of H-pyrrole nitrogens is 1. The fourth-order valence-electron chi connectivity index (χ4n) is 0.979. The topological polar surface area (TPSA) is 67.0 Å². The van der Waals surface area contributed by atoms with E-state index in [2.05, 4.69) is 15.4 Å². The predicted octanol–water partition coefficient (Wildman–Crippen LogP) is -0.791. The first-order valence-electron chi connectivity index (χ1n) is 3.34. The number of hydrogen-bond acceptors (Lipinski definition) is 4. The summed E-state index contributed by atoms with van der Waals surface area (Å²) in [5.41, 5.74) is 3.20. The second kappa shape index (κ2) is 2.35. The second-order valence-corrected chi connectivity index (χ2v) is 2.28. The van der Waals surface area contributed by atoms with Crippen molar-refractivity contribution in [2.45, 2.75) is 6.42 Å². The van der Waals surface area contributed by atoms with E-state index >= 15 is 0 Å². The fourth-order valence-corrected chi connectivity index (χ4v) is 0.979. The van der Waals surface area contributed by atoms with E-state index in [1.54, 1.807) is 6.20 Å². The third-order valence-corrected chi connectivity index (χ3v) is 1.51. The summed E-state index contributed by atoms with van der Waals surface area (Å²) in [6.07, 6.45) is 2.46. The maximum atomic E-state index is 10.7. The molecule has 1 aliphatic rings. The summed E-state index contributed by atoms with van der Waals surface area (Å²) in [4.78, 5) is 21.7. The average molecular weight is 153 g/mol. The predicted molar refractivity (Wildman–Crippen MR) is 37.2 cm³/mol. The van der Waals surface area contributed by atoms with E-state index in [1.165, 1.54) is 0 Å². The molecule has 1 aromatic heterocycles. The molecule has 0 aromatic carbocycles. The van der Waals surface area contributed by atoms with Crippen LogP contribution in [0.5, 0.6) is 5.88 Å². The molecule has 2 rings (SSSR count). The number of rotatable bonds is 0. The Labute approximate surface area is 62.4 Å². The van der Waals surface area contributed by atoms with Gasteiger partial charge in [-0.1, -0.05) is 0 Å². The Hall–Kier alpha value is -1.36. The van der Waals surface area contributed by atoms with Gasteiger partial charge in [0.25, 0.3) is 0 Å². The smallest absolute Gasteiger partial charge is 0.348 e. The first kappa shape index (κ1) is 6.36. The van der Waals surface area contributed by atoms with Gasteiger partial charge in [0.15, 0.2) is 0 Å². The molecule has 11 heavy (non-hydrogen) atoms. The third kappa shape index (κ3) is 1.10. The van der Waals surface area contributed by atoms with Gasteiger partial charge in [0.2, 0.25) is 5.88 Å². The molecule has 5 heteroatoms. The molecule has 2 heterocycles. The SMILES string of the molecule is O=c1nc2c(c[nH]1)CCNO2. The molecule has 0 fully saturated rings. The minimum Gasteiger partial charge on any atom is -0.388 e. The molecule has 0 amide bonds. The summed E-state index contributed by atoms with van der Waals surface area (Å²) in [5, 5.41) is 0. The van der Waals surface area contributed by atoms with E-state index in [-0.39, 0.29) is 5.69 Å². The lowest BCUT2D eigenvalue weighted by molar-refractivity contribution is 0.169. The van der Waals surface area contributed by atoms with Crippen LogP contribution in [-0.2, 0) is 6.42 Å². The Balaban J connectivity index is 2.51. The molecule has 0 bridgehead atoms. The van der Waals surface area contributed by atoms with Crippen molar-refractivity contribution in [3.8, 4) is 5.88 Å². The highest BCUT2D eigenvalue weighted by Gasteiger charge is 2.10. The number of nitrogens with one attached hydrogen (secondary N) is 2. The number of aromatic nitrogens is 2. The molecule has 0 atom stereocenters. The standard InChI is InChI=1S/C6H7N3O2/c10-6-7-3-4-1-2-8-11-5(4)9-6/h3,8H,1-2H2,(H,7,9,10). The molecule has 0 saturated heterocycles. The van der Waals surface area contributed by atoms with Crippen LogP contribution in [0.15, 0.2) is 11.0 Å². The lowest BCUT2D eigenvalue weighted by Gasteiger charge is -2.14. The van der Waals surface area contributed by atoms with Crippen LogP contribution >= 0.6 is 0 Å². The first-order chi connectivity index (χ1) is 5.36. The fraction of sp³-hybridized carbons (Fsp3) is 0.333. The monoisotopic (exact) mass is 153 g/mol. The number of fused-ring (bicyclic) bond motifs is 1. The van der Waals surface area contributed by atoms with Crippen LogP contribution in [-0.4, -0.2) is 16.5 Å². The largest absolute Gasteiger partial charge is 0.388 e. The lowest BCUT2D eigenvalue weighted by Crippen LogP contribution is -2.29. The van der Waals surface area contributed by atoms with Crippen LogP contribution in [0.2, 0.25) is 0 Å². The van der Waals surface area contributed by atoms with Gasteiger partial charge in [-0.05, 0) is 6.42 Å². The van der Waals surface area contributed by atoms with E-state index in [4.69, 9.17) is 4.84 Å². The lowest BCUT2D eigenvalue weighted by atomic mass is 10.2. The quantitative estimate of drug-likeness (QED) is 0.512. The number of hydroxylamine groups is 1. The summed E-state index contributed by atoms with van der Waals surface area (Å²) in [6.45, 7) is 0.751. The van der Waals surface area contributed by atoms with Gasteiger partial charge >= 0.3 is 5.69 Å². The first-order valence-corrected chi connectivity index (χ1v) is 3.34. The minimum absolute atomic E-state index is 0.382. The van der Waals surface area contributed by atoms with Crippen molar-refractivity contribution in [2.75, 3.05) is 6.54 Å². The zero-order valence-corrected chi connectivity index (χ0v) is 5.76. The Kier molecular flexibility index (Phi) is 1.36. The zero-order valence-electron chi connectivity index (χ0n) is 5.76. The summed E-state index contributed by atoms with van der Waals surface area (Å²) < 4.78 is 0. The summed E-state index contributed by atoms with van der Waals surface area (Å²) in [6, 6.07) is 0. The van der Waals surface area contributed by atoms with E-state index < -0.39 is 0 Å². The zero-order chi connectivity index (χ0) is 7.68. The molecule has 0 unspecified atom stereocenters. The van der Waals surface area contributed by atoms with Crippen molar-refractivity contribution in [1.29, 1.82) is 0 Å². The van der Waals surface area contributed by atoms with Crippen LogP contribution in [0.25, 0.3) is 0 Å². The molecule has 1 aromatic rings. The summed E-state index contributed by atoms with van der Waals surface area (Å²) in [7, 11) is 0. The van der Waals surface area contributed by atoms with Gasteiger partial charge in [0.1, 0.15) is 0 Å². The van der Waals surface area contributed by atoms with Crippen molar-refractivity contribution in [1.82, 2.24) is 15.4 Å². The van der Waals surface area contributed by atoms with E-state index in [1.807, 2.05) is 0 Å². The molecule has 2 N–H and O–H groups in total. The van der Waals surface area contributed by atoms with Crippen LogP contribution in [0.3, 0.4) is 0 Å². The van der Waals surface area contributed by atoms with Gasteiger partial charge in [-0.2, -0.15) is 10.5 Å². The van der Waals surface area contributed by atoms with Crippen molar-refractivity contribution in [3.63, 3.8) is 0 Å². The van der Waals surface area contributed by atoms with Crippen LogP contribution < -0.4 is 16.0 Å². The van der Waals surface area contributed by atoms with Crippen LogP contribution in [0.4, 0.5) is 0 Å². The Morgan fingerprint density at radius 3 is 3.45 bits per heavy atom. The van der Waals surface area contributed by atoms with E-state index in [9.17, 15) is 4.79 Å². The molecular formula is C6H7N3O2. The molecular weight excluding hydrogens is 146 g/mol. The molecule has 5 nitrogen and oxygen atoms in total. The van der Waals surface area contributed by atoms with Gasteiger partial charge in [0.05, 0.1) is 0 Å². The minimum atomic E-state index is -0.382. The van der Waals surface area contributed by atoms with Crippen molar-refractivity contribution < 1.29 is 4.84 Å². The van der Waals surface area contributed by atoms with E-state index in [0.717, 1.165) is 18.5 Å². The average Bonchev–Trinajstić information content (AvgIpc) is 2.04. The molecule has 1 aliphatic heterocycles. The van der Waals surface area contributed by atoms with Crippen LogP contribution in [0.1, 0.15) is 5.56 Å². The molecule has 0 aliphatic carbocycles. The Morgan fingerprint density at radius 2 is 2.55 bits per heavy atom. The maximum absolute atomic E-state index is 10.7. The Morgan fingerprint density at radius 1 is 1.64 bits per heavy atom. The molecule has 0 radical (unpaired) electrons. The van der Waals surface area contributed by atoms with Gasteiger partial charge in [-0.15, -0.1) is 0 Å². The molecule has 58 valence electrons. The van der Waals surface area contributed by atoms with Crippen LogP contribution in [0, 0.1) is 0 Å². The summed E-state index contributed by atoms with van der Waals surface area (Å²) >= 11 is 0. The Bertz CT molecular complexity index is 320. The highest BCUT2D eigenvalue weighted by Crippen LogP contribution is 2.13. The third-order valence-electron chi connectivity index (χ3n) is 1.51. The molecule has 0 saturated carbocycles. The van der Waals surface area contributed by atoms with E-state index in [0.29, 0.717) is 5.88 Å². The highest BCUT2D eigenvalue weighted by atomic mass is 16.7. The number of aromatic amines is 1. The normalized spacial score (nSPS) is 15.3. The maximum Gasteiger partial charge on any atom is 0.348 e. The van der Waals surface area contributed by atoms with Gasteiger partial charge < -0.3 is 9.82 Å². The molecule has 0 spiro atoms. The number of nitrogens with zero attached hydrogens (tertiary/aromatic N) is 1. The van der Waals surface area contributed by atoms with Crippen molar-refractivity contribution >= 4 is 0 Å².